The van der Waals surface area contributed by atoms with Crippen molar-refractivity contribution in [2.45, 2.75) is 51.5 Å². The summed E-state index contributed by atoms with van der Waals surface area (Å²) in [7, 11) is 0. The number of alkyl halides is 3. The predicted molar refractivity (Wildman–Crippen MR) is 47.0 cm³/mol. The number of aliphatic hydroxyl groups excluding tert-OH is 1. The van der Waals surface area contributed by atoms with Crippen LogP contribution in [-0.4, -0.2) is 30.1 Å². The zero-order valence-corrected chi connectivity index (χ0v) is 8.47. The minimum Gasteiger partial charge on any atom is -0.391 e. The summed E-state index contributed by atoms with van der Waals surface area (Å²) >= 11 is 0. The van der Waals surface area contributed by atoms with Gasteiger partial charge in [0, 0.05) is 6.42 Å². The second-order valence-corrected chi connectivity index (χ2v) is 3.54. The molecule has 0 amide bonds. The van der Waals surface area contributed by atoms with Gasteiger partial charge in [0.15, 0.2) is 0 Å². The van der Waals surface area contributed by atoms with E-state index in [0.717, 1.165) is 0 Å². The van der Waals surface area contributed by atoms with Crippen molar-refractivity contribution in [3.05, 3.63) is 0 Å². The average Bonchev–Trinajstić information content (AvgIpc) is 1.98. The second kappa shape index (κ2) is 6.24. The number of rotatable bonds is 6. The topological polar surface area (TPSA) is 29.5 Å². The molecule has 0 spiro atoms. The summed E-state index contributed by atoms with van der Waals surface area (Å²) in [5.41, 5.74) is 0. The van der Waals surface area contributed by atoms with Crippen molar-refractivity contribution in [3.8, 4) is 0 Å². The Morgan fingerprint density at radius 2 is 1.86 bits per heavy atom. The van der Waals surface area contributed by atoms with Crippen LogP contribution in [0.3, 0.4) is 0 Å². The molecule has 0 aromatic rings. The summed E-state index contributed by atoms with van der Waals surface area (Å²) in [6, 6.07) is 0. The Kier molecular flexibility index (Phi) is 6.11. The lowest BCUT2D eigenvalue weighted by Crippen LogP contribution is -2.19. The van der Waals surface area contributed by atoms with Gasteiger partial charge in [-0.1, -0.05) is 0 Å². The Bertz CT molecular complexity index is 145. The summed E-state index contributed by atoms with van der Waals surface area (Å²) in [6.45, 7) is 3.72. The molecule has 0 saturated carbocycles. The molecule has 0 aliphatic heterocycles. The molecule has 0 saturated heterocycles. The van der Waals surface area contributed by atoms with Crippen molar-refractivity contribution >= 4 is 0 Å². The third kappa shape index (κ3) is 9.80. The van der Waals surface area contributed by atoms with Gasteiger partial charge in [-0.25, -0.2) is 0 Å². The Morgan fingerprint density at radius 1 is 1.29 bits per heavy atom. The van der Waals surface area contributed by atoms with Gasteiger partial charge in [-0.05, 0) is 26.7 Å². The van der Waals surface area contributed by atoms with E-state index in [4.69, 9.17) is 4.74 Å². The fraction of sp³-hybridized carbons (Fsp3) is 1.00. The molecule has 14 heavy (non-hydrogen) atoms. The van der Waals surface area contributed by atoms with Gasteiger partial charge in [-0.15, -0.1) is 0 Å². The highest BCUT2D eigenvalue weighted by Gasteiger charge is 2.26. The van der Waals surface area contributed by atoms with Crippen molar-refractivity contribution in [1.29, 1.82) is 0 Å². The van der Waals surface area contributed by atoms with E-state index < -0.39 is 18.7 Å². The Labute approximate surface area is 82.1 Å². The van der Waals surface area contributed by atoms with Gasteiger partial charge in [0.2, 0.25) is 0 Å². The van der Waals surface area contributed by atoms with Crippen molar-refractivity contribution < 1.29 is 23.0 Å². The van der Waals surface area contributed by atoms with Crippen molar-refractivity contribution in [1.82, 2.24) is 0 Å². The standard InChI is InChI=1S/C9H17F3O2/c1-7(2)14-6-8(13)4-3-5-9(10,11)12/h7-8,13H,3-6H2,1-2H3. The highest BCUT2D eigenvalue weighted by Crippen LogP contribution is 2.22. The number of ether oxygens (including phenoxy) is 1. The fourth-order valence-electron chi connectivity index (χ4n) is 0.925. The van der Waals surface area contributed by atoms with E-state index in [1.54, 1.807) is 0 Å². The lowest BCUT2D eigenvalue weighted by Gasteiger charge is -2.13. The molecular formula is C9H17F3O2. The molecule has 5 heteroatoms. The summed E-state index contributed by atoms with van der Waals surface area (Å²) in [6.07, 6.45) is -5.69. The quantitative estimate of drug-likeness (QED) is 0.736. The molecule has 2 nitrogen and oxygen atoms in total. The lowest BCUT2D eigenvalue weighted by atomic mass is 10.1. The van der Waals surface area contributed by atoms with Crippen LogP contribution >= 0.6 is 0 Å². The maximum Gasteiger partial charge on any atom is 0.389 e. The van der Waals surface area contributed by atoms with E-state index in [-0.39, 0.29) is 25.6 Å². The van der Waals surface area contributed by atoms with Gasteiger partial charge in [0.05, 0.1) is 18.8 Å². The van der Waals surface area contributed by atoms with Gasteiger partial charge < -0.3 is 9.84 Å². The summed E-state index contributed by atoms with van der Waals surface area (Å²) in [5, 5.41) is 9.20. The molecule has 0 bridgehead atoms. The van der Waals surface area contributed by atoms with Crippen LogP contribution in [0.5, 0.6) is 0 Å². The molecule has 0 rings (SSSR count). The summed E-state index contributed by atoms with van der Waals surface area (Å²) < 4.78 is 40.2. The van der Waals surface area contributed by atoms with Crippen LogP contribution < -0.4 is 0 Å². The lowest BCUT2D eigenvalue weighted by molar-refractivity contribution is -0.137. The smallest absolute Gasteiger partial charge is 0.389 e. The molecule has 1 atom stereocenters. The molecule has 0 aromatic heterocycles. The second-order valence-electron chi connectivity index (χ2n) is 3.54. The van der Waals surface area contributed by atoms with E-state index in [0.29, 0.717) is 0 Å². The van der Waals surface area contributed by atoms with Gasteiger partial charge in [-0.3, -0.25) is 0 Å². The molecule has 86 valence electrons. The average molecular weight is 214 g/mol. The van der Waals surface area contributed by atoms with Crippen molar-refractivity contribution in [2.24, 2.45) is 0 Å². The van der Waals surface area contributed by atoms with E-state index in [9.17, 15) is 18.3 Å². The minimum absolute atomic E-state index is 0.00716. The van der Waals surface area contributed by atoms with Crippen LogP contribution in [0.2, 0.25) is 0 Å². The highest BCUT2D eigenvalue weighted by atomic mass is 19.4. The molecule has 1 unspecified atom stereocenters. The SMILES string of the molecule is CC(C)OCC(O)CCCC(F)(F)F. The van der Waals surface area contributed by atoms with Gasteiger partial charge in [0.25, 0.3) is 0 Å². The van der Waals surface area contributed by atoms with Gasteiger partial charge in [-0.2, -0.15) is 13.2 Å². The third-order valence-electron chi connectivity index (χ3n) is 1.62. The van der Waals surface area contributed by atoms with Crippen LogP contribution in [0.4, 0.5) is 13.2 Å². The number of hydrogen-bond acceptors (Lipinski definition) is 2. The maximum absolute atomic E-state index is 11.7. The van der Waals surface area contributed by atoms with Crippen molar-refractivity contribution in [2.75, 3.05) is 6.61 Å². The normalized spacial score (nSPS) is 14.8. The van der Waals surface area contributed by atoms with Crippen LogP contribution in [0.25, 0.3) is 0 Å². The van der Waals surface area contributed by atoms with Crippen LogP contribution in [0.15, 0.2) is 0 Å². The van der Waals surface area contributed by atoms with Gasteiger partial charge in [0.1, 0.15) is 0 Å². The first-order chi connectivity index (χ1) is 6.31. The third-order valence-corrected chi connectivity index (χ3v) is 1.62. The molecule has 0 heterocycles. The predicted octanol–water partition coefficient (Wildman–Crippen LogP) is 2.50. The monoisotopic (exact) mass is 214 g/mol. The molecule has 0 fully saturated rings. The molecule has 1 N–H and O–H groups in total. The number of aliphatic hydroxyl groups is 1. The van der Waals surface area contributed by atoms with Crippen LogP contribution in [-0.2, 0) is 4.74 Å². The number of halogens is 3. The summed E-state index contributed by atoms with van der Waals surface area (Å²) in [5.74, 6) is 0. The molecule has 0 radical (unpaired) electrons. The van der Waals surface area contributed by atoms with Crippen molar-refractivity contribution in [3.63, 3.8) is 0 Å². The molecule has 0 aliphatic carbocycles. The first-order valence-corrected chi connectivity index (χ1v) is 4.67. The first kappa shape index (κ1) is 13.7. The first-order valence-electron chi connectivity index (χ1n) is 4.67. The molecular weight excluding hydrogens is 197 g/mol. The van der Waals surface area contributed by atoms with E-state index in [1.807, 2.05) is 13.8 Å². The molecule has 0 aliphatic rings. The van der Waals surface area contributed by atoms with E-state index in [1.165, 1.54) is 0 Å². The largest absolute Gasteiger partial charge is 0.391 e. The van der Waals surface area contributed by atoms with E-state index in [2.05, 4.69) is 0 Å². The van der Waals surface area contributed by atoms with Crippen LogP contribution in [0, 0.1) is 0 Å². The fourth-order valence-corrected chi connectivity index (χ4v) is 0.925. The maximum atomic E-state index is 11.7. The Hall–Kier alpha value is -0.290. The minimum atomic E-state index is -4.13. The highest BCUT2D eigenvalue weighted by molar-refractivity contribution is 4.58. The summed E-state index contributed by atoms with van der Waals surface area (Å²) in [4.78, 5) is 0. The number of hydrogen-bond donors (Lipinski definition) is 1. The molecule has 0 aromatic carbocycles. The zero-order chi connectivity index (χ0) is 11.2. The Morgan fingerprint density at radius 3 is 2.29 bits per heavy atom. The zero-order valence-electron chi connectivity index (χ0n) is 8.47. The van der Waals surface area contributed by atoms with Gasteiger partial charge >= 0.3 is 6.18 Å². The Balaban J connectivity index is 3.40. The van der Waals surface area contributed by atoms with Crippen LogP contribution in [0.1, 0.15) is 33.1 Å². The van der Waals surface area contributed by atoms with E-state index >= 15 is 0 Å².